The van der Waals surface area contributed by atoms with E-state index < -0.39 is 10.0 Å². The summed E-state index contributed by atoms with van der Waals surface area (Å²) in [7, 11) is -0.537. The van der Waals surface area contributed by atoms with Crippen molar-refractivity contribution < 1.29 is 17.7 Å². The Morgan fingerprint density at radius 3 is 2.65 bits per heavy atom. The lowest BCUT2D eigenvalue weighted by Gasteiger charge is -2.11. The molecule has 0 fully saturated rings. The Hall–Kier alpha value is -2.79. The quantitative estimate of drug-likeness (QED) is 0.468. The van der Waals surface area contributed by atoms with Crippen molar-refractivity contribution in [2.75, 3.05) is 20.6 Å². The Morgan fingerprint density at radius 1 is 1.23 bits per heavy atom. The van der Waals surface area contributed by atoms with Crippen molar-refractivity contribution in [1.82, 2.24) is 29.3 Å². The molecule has 0 aliphatic heterocycles. The summed E-state index contributed by atoms with van der Waals surface area (Å²) in [4.78, 5) is 21.2. The number of carbonyl (C=O) groups excluding carboxylic acids is 1. The molecule has 0 aliphatic rings. The topological polar surface area (TPSA) is 123 Å². The maximum atomic E-state index is 12.4. The van der Waals surface area contributed by atoms with Crippen LogP contribution in [0.4, 0.5) is 0 Å². The normalized spacial score (nSPS) is 12.0. The Labute approximate surface area is 181 Å². The number of sulfonamides is 1. The Balaban J connectivity index is 1.60. The lowest BCUT2D eigenvalue weighted by atomic mass is 10.2. The van der Waals surface area contributed by atoms with E-state index in [1.165, 1.54) is 18.4 Å². The highest BCUT2D eigenvalue weighted by atomic mass is 32.2. The minimum absolute atomic E-state index is 0.0627. The van der Waals surface area contributed by atoms with Gasteiger partial charge in [0.05, 0.1) is 15.9 Å². The molecule has 0 saturated heterocycles. The van der Waals surface area contributed by atoms with Gasteiger partial charge in [-0.2, -0.15) is 4.98 Å². The maximum Gasteiger partial charge on any atom is 0.242 e. The molecule has 10 nitrogen and oxygen atoms in total. The molecule has 1 aromatic carbocycles. The number of aromatic nitrogens is 4. The summed E-state index contributed by atoms with van der Waals surface area (Å²) in [5.41, 5.74) is 1.46. The third-order valence-electron chi connectivity index (χ3n) is 4.93. The molecule has 0 unspecified atom stereocenters. The lowest BCUT2D eigenvalue weighted by molar-refractivity contribution is -0.121. The first-order valence-corrected chi connectivity index (χ1v) is 11.6. The second-order valence-corrected chi connectivity index (χ2v) is 9.55. The number of amides is 1. The third kappa shape index (κ3) is 5.28. The molecule has 168 valence electrons. The summed E-state index contributed by atoms with van der Waals surface area (Å²) in [5.74, 6) is 1.86. The number of imidazole rings is 1. The van der Waals surface area contributed by atoms with Crippen molar-refractivity contribution in [2.45, 2.75) is 51.0 Å². The molecule has 31 heavy (non-hydrogen) atoms. The van der Waals surface area contributed by atoms with Crippen LogP contribution in [-0.4, -0.2) is 59.0 Å². The van der Waals surface area contributed by atoms with E-state index in [1.54, 1.807) is 25.1 Å². The van der Waals surface area contributed by atoms with E-state index in [2.05, 4.69) is 20.4 Å². The lowest BCUT2D eigenvalue weighted by Crippen LogP contribution is -2.25. The van der Waals surface area contributed by atoms with E-state index in [-0.39, 0.29) is 10.8 Å². The van der Waals surface area contributed by atoms with Gasteiger partial charge in [0, 0.05) is 46.4 Å². The molecule has 3 rings (SSSR count). The van der Waals surface area contributed by atoms with Crippen LogP contribution in [0.2, 0.25) is 0 Å². The number of carbonyl (C=O) groups is 1. The van der Waals surface area contributed by atoms with Crippen molar-refractivity contribution in [3.63, 3.8) is 0 Å². The van der Waals surface area contributed by atoms with Crippen LogP contribution in [0.25, 0.3) is 11.0 Å². The van der Waals surface area contributed by atoms with Crippen LogP contribution in [0.3, 0.4) is 0 Å². The van der Waals surface area contributed by atoms with Crippen molar-refractivity contribution in [3.05, 3.63) is 35.7 Å². The zero-order valence-electron chi connectivity index (χ0n) is 18.3. The van der Waals surface area contributed by atoms with Gasteiger partial charge in [0.15, 0.2) is 5.82 Å². The number of hydrogen-bond acceptors (Lipinski definition) is 7. The first-order valence-electron chi connectivity index (χ1n) is 10.2. The van der Waals surface area contributed by atoms with Crippen LogP contribution in [0.15, 0.2) is 27.6 Å². The summed E-state index contributed by atoms with van der Waals surface area (Å²) in [6.07, 6.45) is 2.09. The largest absolute Gasteiger partial charge is 0.356 e. The van der Waals surface area contributed by atoms with E-state index in [0.29, 0.717) is 56.0 Å². The standard InChI is InChI=1S/C20H28N6O4S/c1-5-26-17-9-8-15(31(28,29)25(3)4)13-16(17)23-18(26)10-11-19(27)21-12-6-7-20-22-14(2)24-30-20/h8-9,13H,5-7,10-12H2,1-4H3,(H,21,27). The minimum Gasteiger partial charge on any atom is -0.356 e. The van der Waals surface area contributed by atoms with E-state index in [1.807, 2.05) is 11.5 Å². The predicted molar refractivity (Wildman–Crippen MR) is 115 cm³/mol. The van der Waals surface area contributed by atoms with E-state index >= 15 is 0 Å². The molecule has 0 radical (unpaired) electrons. The summed E-state index contributed by atoms with van der Waals surface area (Å²) in [6, 6.07) is 4.94. The maximum absolute atomic E-state index is 12.4. The zero-order valence-corrected chi connectivity index (χ0v) is 19.1. The number of nitrogens with one attached hydrogen (secondary N) is 1. The molecule has 0 aliphatic carbocycles. The fourth-order valence-electron chi connectivity index (χ4n) is 3.30. The molecule has 0 saturated carbocycles. The average molecular weight is 449 g/mol. The molecule has 1 amide bonds. The minimum atomic E-state index is -3.53. The Bertz CT molecular complexity index is 1170. The second kappa shape index (κ2) is 9.56. The van der Waals surface area contributed by atoms with Gasteiger partial charge < -0.3 is 14.4 Å². The van der Waals surface area contributed by atoms with Gasteiger partial charge in [-0.3, -0.25) is 4.79 Å². The fraction of sp³-hybridized carbons (Fsp3) is 0.500. The number of benzene rings is 1. The van der Waals surface area contributed by atoms with Crippen molar-refractivity contribution >= 4 is 27.0 Å². The van der Waals surface area contributed by atoms with Crippen molar-refractivity contribution in [3.8, 4) is 0 Å². The van der Waals surface area contributed by atoms with Crippen LogP contribution in [0, 0.1) is 6.92 Å². The first kappa shape index (κ1) is 22.9. The third-order valence-corrected chi connectivity index (χ3v) is 6.74. The van der Waals surface area contributed by atoms with E-state index in [0.717, 1.165) is 11.3 Å². The first-order chi connectivity index (χ1) is 14.7. The van der Waals surface area contributed by atoms with Crippen LogP contribution in [0.1, 0.15) is 37.3 Å². The van der Waals surface area contributed by atoms with Crippen molar-refractivity contribution in [1.29, 1.82) is 0 Å². The van der Waals surface area contributed by atoms with Gasteiger partial charge in [0.25, 0.3) is 0 Å². The van der Waals surface area contributed by atoms with Gasteiger partial charge in [0.1, 0.15) is 5.82 Å². The zero-order chi connectivity index (χ0) is 22.6. The number of nitrogens with zero attached hydrogens (tertiary/aromatic N) is 5. The number of hydrogen-bond donors (Lipinski definition) is 1. The van der Waals surface area contributed by atoms with Crippen LogP contribution >= 0.6 is 0 Å². The molecule has 0 bridgehead atoms. The van der Waals surface area contributed by atoms with Gasteiger partial charge in [-0.1, -0.05) is 5.16 Å². The van der Waals surface area contributed by atoms with Gasteiger partial charge in [-0.25, -0.2) is 17.7 Å². The SMILES string of the molecule is CCn1c(CCC(=O)NCCCc2nc(C)no2)nc2cc(S(=O)(=O)N(C)C)ccc21. The Kier molecular flexibility index (Phi) is 7.06. The highest BCUT2D eigenvalue weighted by molar-refractivity contribution is 7.89. The van der Waals surface area contributed by atoms with E-state index in [4.69, 9.17) is 4.52 Å². The Morgan fingerprint density at radius 2 is 2.00 bits per heavy atom. The number of rotatable bonds is 10. The predicted octanol–water partition coefficient (Wildman–Crippen LogP) is 1.68. The number of aryl methyl sites for hydroxylation is 4. The molecule has 3 aromatic rings. The van der Waals surface area contributed by atoms with Gasteiger partial charge in [0.2, 0.25) is 21.8 Å². The van der Waals surface area contributed by atoms with Crippen LogP contribution < -0.4 is 5.32 Å². The van der Waals surface area contributed by atoms with E-state index in [9.17, 15) is 13.2 Å². The van der Waals surface area contributed by atoms with Gasteiger partial charge in [-0.15, -0.1) is 0 Å². The average Bonchev–Trinajstić information content (AvgIpc) is 3.31. The van der Waals surface area contributed by atoms with Crippen LogP contribution in [0.5, 0.6) is 0 Å². The highest BCUT2D eigenvalue weighted by Gasteiger charge is 2.19. The molecule has 1 N–H and O–H groups in total. The van der Waals surface area contributed by atoms with Gasteiger partial charge >= 0.3 is 0 Å². The highest BCUT2D eigenvalue weighted by Crippen LogP contribution is 2.22. The summed E-state index contributed by atoms with van der Waals surface area (Å²) < 4.78 is 33.0. The molecule has 11 heteroatoms. The molecule has 0 atom stereocenters. The van der Waals surface area contributed by atoms with Crippen LogP contribution in [-0.2, 0) is 34.2 Å². The second-order valence-electron chi connectivity index (χ2n) is 7.40. The molecule has 2 heterocycles. The monoisotopic (exact) mass is 448 g/mol. The smallest absolute Gasteiger partial charge is 0.242 e. The summed E-state index contributed by atoms with van der Waals surface area (Å²) in [5, 5.41) is 6.63. The summed E-state index contributed by atoms with van der Waals surface area (Å²) >= 11 is 0. The molecular formula is C20H28N6O4S. The summed E-state index contributed by atoms with van der Waals surface area (Å²) in [6.45, 7) is 4.96. The van der Waals surface area contributed by atoms with Gasteiger partial charge in [-0.05, 0) is 38.5 Å². The molecular weight excluding hydrogens is 420 g/mol. The fourth-order valence-corrected chi connectivity index (χ4v) is 4.22. The van der Waals surface area contributed by atoms with Crippen molar-refractivity contribution in [2.24, 2.45) is 0 Å². The molecule has 0 spiro atoms. The number of fused-ring (bicyclic) bond motifs is 1. The molecule has 2 aromatic heterocycles.